The van der Waals surface area contributed by atoms with E-state index in [1.54, 1.807) is 17.3 Å². The Morgan fingerprint density at radius 3 is 2.91 bits per heavy atom. The van der Waals surface area contributed by atoms with Gasteiger partial charge in [-0.25, -0.2) is 4.79 Å². The zero-order valence-electron chi connectivity index (χ0n) is 13.6. The van der Waals surface area contributed by atoms with E-state index >= 15 is 0 Å². The summed E-state index contributed by atoms with van der Waals surface area (Å²) < 4.78 is 10.9. The number of hydrogen-bond donors (Lipinski definition) is 1. The van der Waals surface area contributed by atoms with Gasteiger partial charge in [-0.15, -0.1) is 0 Å². The highest BCUT2D eigenvalue weighted by atomic mass is 16.6. The molecule has 0 saturated carbocycles. The number of morpholine rings is 1. The Morgan fingerprint density at radius 2 is 2.27 bits per heavy atom. The fourth-order valence-electron chi connectivity index (χ4n) is 2.42. The predicted octanol–water partition coefficient (Wildman–Crippen LogP) is 2.06. The summed E-state index contributed by atoms with van der Waals surface area (Å²) in [6.07, 6.45) is 2.01. The van der Waals surface area contributed by atoms with Crippen LogP contribution in [0.1, 0.15) is 38.0 Å². The minimum Gasteiger partial charge on any atom is -0.444 e. The summed E-state index contributed by atoms with van der Waals surface area (Å²) in [4.78, 5) is 18.0. The van der Waals surface area contributed by atoms with E-state index in [4.69, 9.17) is 9.47 Å². The number of aliphatic hydroxyl groups excluding tert-OH is 1. The van der Waals surface area contributed by atoms with Crippen LogP contribution in [0.4, 0.5) is 4.79 Å². The molecule has 0 bridgehead atoms. The lowest BCUT2D eigenvalue weighted by atomic mass is 9.99. The second-order valence-electron chi connectivity index (χ2n) is 6.49. The topological polar surface area (TPSA) is 71.9 Å². The van der Waals surface area contributed by atoms with Crippen LogP contribution >= 0.6 is 0 Å². The predicted molar refractivity (Wildman–Crippen MR) is 81.5 cm³/mol. The standard InChI is InChI=1S/C16H24N2O4/c1-11-5-6-17-9-12(11)14(19)13-10-21-8-7-18(13)15(20)22-16(2,3)4/h5-6,9,13-14,19H,7-8,10H2,1-4H3. The molecule has 1 fully saturated rings. The lowest BCUT2D eigenvalue weighted by molar-refractivity contribution is -0.0674. The highest BCUT2D eigenvalue weighted by Gasteiger charge is 2.36. The maximum absolute atomic E-state index is 12.4. The summed E-state index contributed by atoms with van der Waals surface area (Å²) in [7, 11) is 0. The molecule has 6 nitrogen and oxygen atoms in total. The average molecular weight is 308 g/mol. The van der Waals surface area contributed by atoms with E-state index in [9.17, 15) is 9.90 Å². The number of carbonyl (C=O) groups is 1. The third-order valence-corrected chi connectivity index (χ3v) is 3.56. The zero-order chi connectivity index (χ0) is 16.3. The first-order valence-electron chi connectivity index (χ1n) is 7.45. The summed E-state index contributed by atoms with van der Waals surface area (Å²) in [5.74, 6) is 0. The third-order valence-electron chi connectivity index (χ3n) is 3.56. The molecule has 1 N–H and O–H groups in total. The number of aromatic nitrogens is 1. The van der Waals surface area contributed by atoms with Gasteiger partial charge in [0.1, 0.15) is 11.7 Å². The van der Waals surface area contributed by atoms with Crippen molar-refractivity contribution in [3.8, 4) is 0 Å². The SMILES string of the molecule is Cc1ccncc1C(O)C1COCCN1C(=O)OC(C)(C)C. The van der Waals surface area contributed by atoms with E-state index in [1.807, 2.05) is 33.8 Å². The van der Waals surface area contributed by atoms with Gasteiger partial charge < -0.3 is 14.6 Å². The van der Waals surface area contributed by atoms with Crippen LogP contribution in [-0.2, 0) is 9.47 Å². The van der Waals surface area contributed by atoms with Crippen LogP contribution in [0.5, 0.6) is 0 Å². The molecule has 2 unspecified atom stereocenters. The maximum Gasteiger partial charge on any atom is 0.410 e. The minimum atomic E-state index is -0.860. The summed E-state index contributed by atoms with van der Waals surface area (Å²) in [6.45, 7) is 8.48. The maximum atomic E-state index is 12.4. The average Bonchev–Trinajstić information content (AvgIpc) is 2.45. The van der Waals surface area contributed by atoms with Crippen molar-refractivity contribution in [2.24, 2.45) is 0 Å². The monoisotopic (exact) mass is 308 g/mol. The molecule has 2 rings (SSSR count). The number of carbonyl (C=O) groups excluding carboxylic acids is 1. The van der Waals surface area contributed by atoms with E-state index in [0.717, 1.165) is 5.56 Å². The number of amides is 1. The quantitative estimate of drug-likeness (QED) is 0.905. The Bertz CT molecular complexity index is 527. The van der Waals surface area contributed by atoms with Crippen molar-refractivity contribution in [1.29, 1.82) is 0 Å². The lowest BCUT2D eigenvalue weighted by Crippen LogP contribution is -2.52. The summed E-state index contributed by atoms with van der Waals surface area (Å²) >= 11 is 0. The fourth-order valence-corrected chi connectivity index (χ4v) is 2.42. The zero-order valence-corrected chi connectivity index (χ0v) is 13.6. The van der Waals surface area contributed by atoms with E-state index in [2.05, 4.69) is 4.98 Å². The van der Waals surface area contributed by atoms with Gasteiger partial charge in [-0.2, -0.15) is 0 Å². The van der Waals surface area contributed by atoms with Crippen LogP contribution in [0, 0.1) is 6.92 Å². The van der Waals surface area contributed by atoms with Crippen LogP contribution in [0.15, 0.2) is 18.5 Å². The Hall–Kier alpha value is -1.66. The van der Waals surface area contributed by atoms with Gasteiger partial charge in [0.25, 0.3) is 0 Å². The fraction of sp³-hybridized carbons (Fsp3) is 0.625. The Labute approximate surface area is 131 Å². The second kappa shape index (κ2) is 6.62. The molecule has 1 amide bonds. The number of rotatable bonds is 2. The number of nitrogens with zero attached hydrogens (tertiary/aromatic N) is 2. The van der Waals surface area contributed by atoms with Gasteiger partial charge in [0.05, 0.1) is 19.3 Å². The van der Waals surface area contributed by atoms with Gasteiger partial charge in [-0.05, 0) is 39.3 Å². The molecular weight excluding hydrogens is 284 g/mol. The van der Waals surface area contributed by atoms with E-state index in [-0.39, 0.29) is 6.61 Å². The summed E-state index contributed by atoms with van der Waals surface area (Å²) in [5.41, 5.74) is 1.05. The smallest absolute Gasteiger partial charge is 0.410 e. The first-order valence-corrected chi connectivity index (χ1v) is 7.45. The van der Waals surface area contributed by atoms with Crippen LogP contribution in [0.3, 0.4) is 0 Å². The van der Waals surface area contributed by atoms with Crippen LogP contribution in [0.2, 0.25) is 0 Å². The molecule has 1 aromatic rings. The highest BCUT2D eigenvalue weighted by Crippen LogP contribution is 2.26. The number of aryl methyl sites for hydroxylation is 1. The van der Waals surface area contributed by atoms with E-state index in [0.29, 0.717) is 18.7 Å². The van der Waals surface area contributed by atoms with Gasteiger partial charge in [0, 0.05) is 24.5 Å². The van der Waals surface area contributed by atoms with Crippen molar-refractivity contribution in [1.82, 2.24) is 9.88 Å². The van der Waals surface area contributed by atoms with Gasteiger partial charge in [0.15, 0.2) is 0 Å². The van der Waals surface area contributed by atoms with Crippen molar-refractivity contribution in [3.05, 3.63) is 29.6 Å². The Balaban J connectivity index is 2.19. The molecule has 0 spiro atoms. The van der Waals surface area contributed by atoms with E-state index < -0.39 is 23.8 Å². The lowest BCUT2D eigenvalue weighted by Gasteiger charge is -2.39. The van der Waals surface area contributed by atoms with Crippen molar-refractivity contribution in [2.75, 3.05) is 19.8 Å². The Kier molecular flexibility index (Phi) is 5.03. The molecule has 0 aliphatic carbocycles. The summed E-state index contributed by atoms with van der Waals surface area (Å²) in [6, 6.07) is 1.35. The molecule has 2 atom stereocenters. The van der Waals surface area contributed by atoms with Gasteiger partial charge in [-0.1, -0.05) is 0 Å². The van der Waals surface area contributed by atoms with Gasteiger partial charge >= 0.3 is 6.09 Å². The third kappa shape index (κ3) is 3.96. The second-order valence-corrected chi connectivity index (χ2v) is 6.49. The molecule has 6 heteroatoms. The number of hydrogen-bond acceptors (Lipinski definition) is 5. The molecule has 0 aromatic carbocycles. The molecule has 1 aliphatic heterocycles. The largest absolute Gasteiger partial charge is 0.444 e. The number of ether oxygens (including phenoxy) is 2. The van der Waals surface area contributed by atoms with Crippen molar-refractivity contribution in [3.63, 3.8) is 0 Å². The van der Waals surface area contributed by atoms with Crippen molar-refractivity contribution < 1.29 is 19.4 Å². The molecule has 22 heavy (non-hydrogen) atoms. The van der Waals surface area contributed by atoms with Crippen LogP contribution < -0.4 is 0 Å². The summed E-state index contributed by atoms with van der Waals surface area (Å²) in [5, 5.41) is 10.7. The van der Waals surface area contributed by atoms with Crippen LogP contribution in [0.25, 0.3) is 0 Å². The highest BCUT2D eigenvalue weighted by molar-refractivity contribution is 5.69. The normalized spacial score (nSPS) is 20.6. The van der Waals surface area contributed by atoms with Gasteiger partial charge in [0.2, 0.25) is 0 Å². The van der Waals surface area contributed by atoms with Crippen molar-refractivity contribution >= 4 is 6.09 Å². The first kappa shape index (κ1) is 16.7. The number of aliphatic hydroxyl groups is 1. The molecule has 2 heterocycles. The van der Waals surface area contributed by atoms with Gasteiger partial charge in [-0.3, -0.25) is 9.88 Å². The van der Waals surface area contributed by atoms with Crippen LogP contribution in [-0.4, -0.2) is 52.5 Å². The Morgan fingerprint density at radius 1 is 1.55 bits per heavy atom. The molecular formula is C16H24N2O4. The molecule has 1 saturated heterocycles. The molecule has 0 radical (unpaired) electrons. The molecule has 122 valence electrons. The molecule has 1 aromatic heterocycles. The number of pyridine rings is 1. The minimum absolute atomic E-state index is 0.273. The van der Waals surface area contributed by atoms with E-state index in [1.165, 1.54) is 0 Å². The molecule has 1 aliphatic rings. The first-order chi connectivity index (χ1) is 10.3. The van der Waals surface area contributed by atoms with Crippen molar-refractivity contribution in [2.45, 2.75) is 45.4 Å².